The Morgan fingerprint density at radius 3 is 2.03 bits per heavy atom. The second kappa shape index (κ2) is 9.42. The van der Waals surface area contributed by atoms with Crippen LogP contribution in [0.15, 0.2) is 66.9 Å². The number of phenolic OH excluding ortho intramolecular Hbond substituents is 1. The van der Waals surface area contributed by atoms with Gasteiger partial charge in [0.15, 0.2) is 0 Å². The summed E-state index contributed by atoms with van der Waals surface area (Å²) < 4.78 is 87.0. The Morgan fingerprint density at radius 1 is 0.861 bits per heavy atom. The van der Waals surface area contributed by atoms with Crippen molar-refractivity contribution in [2.24, 2.45) is 7.05 Å². The zero-order valence-electron chi connectivity index (χ0n) is 18.5. The fourth-order valence-electron chi connectivity index (χ4n) is 3.56. The van der Waals surface area contributed by atoms with Crippen LogP contribution in [0.2, 0.25) is 5.02 Å². The molecule has 36 heavy (non-hydrogen) atoms. The number of alkyl halides is 6. The van der Waals surface area contributed by atoms with Gasteiger partial charge < -0.3 is 9.84 Å². The summed E-state index contributed by atoms with van der Waals surface area (Å²) in [4.78, 5) is 0. The van der Waals surface area contributed by atoms with Gasteiger partial charge in [-0.15, -0.1) is 0 Å². The molecule has 0 radical (unpaired) electrons. The third kappa shape index (κ3) is 5.59. The third-order valence-corrected chi connectivity index (χ3v) is 5.52. The van der Waals surface area contributed by atoms with Gasteiger partial charge in [-0.05, 0) is 53.6 Å². The maximum atomic E-state index is 13.4. The van der Waals surface area contributed by atoms with E-state index in [1.807, 2.05) is 0 Å². The molecule has 0 aliphatic heterocycles. The topological polar surface area (TPSA) is 47.3 Å². The number of aryl methyl sites for hydroxylation is 1. The number of hydrogen-bond donors (Lipinski definition) is 1. The molecule has 0 saturated carbocycles. The molecular weight excluding hydrogens is 510 g/mol. The molecule has 4 aromatic rings. The molecule has 0 aliphatic rings. The molecule has 0 amide bonds. The van der Waals surface area contributed by atoms with Crippen LogP contribution in [0.25, 0.3) is 22.4 Å². The number of aromatic nitrogens is 2. The Labute approximate surface area is 206 Å². The average Bonchev–Trinajstić information content (AvgIpc) is 3.18. The summed E-state index contributed by atoms with van der Waals surface area (Å²) in [6.45, 7) is 0.176. The summed E-state index contributed by atoms with van der Waals surface area (Å²) in [5.74, 6) is -0.0197. The molecule has 0 spiro atoms. The second-order valence-corrected chi connectivity index (χ2v) is 8.39. The summed E-state index contributed by atoms with van der Waals surface area (Å²) in [6.07, 6.45) is -8.71. The van der Waals surface area contributed by atoms with E-state index < -0.39 is 23.5 Å². The van der Waals surface area contributed by atoms with Gasteiger partial charge >= 0.3 is 12.4 Å². The molecule has 4 nitrogen and oxygen atoms in total. The highest BCUT2D eigenvalue weighted by atomic mass is 35.5. The van der Waals surface area contributed by atoms with Crippen molar-refractivity contribution in [3.63, 3.8) is 0 Å². The lowest BCUT2D eigenvalue weighted by atomic mass is 9.97. The maximum absolute atomic E-state index is 13.4. The Balaban J connectivity index is 1.71. The van der Waals surface area contributed by atoms with E-state index in [4.69, 9.17) is 16.3 Å². The zero-order chi connectivity index (χ0) is 26.3. The molecule has 1 aromatic heterocycles. The fraction of sp³-hybridized carbons (Fsp3) is 0.160. The van der Waals surface area contributed by atoms with Crippen LogP contribution in [0.1, 0.15) is 16.7 Å². The second-order valence-electron chi connectivity index (χ2n) is 7.95. The van der Waals surface area contributed by atoms with Crippen molar-refractivity contribution in [2.75, 3.05) is 0 Å². The molecule has 11 heteroatoms. The van der Waals surface area contributed by atoms with E-state index in [-0.39, 0.29) is 40.8 Å². The normalized spacial score (nSPS) is 12.1. The van der Waals surface area contributed by atoms with Gasteiger partial charge in [-0.2, -0.15) is 31.4 Å². The number of halogens is 7. The quantitative estimate of drug-likeness (QED) is 0.271. The van der Waals surface area contributed by atoms with Crippen molar-refractivity contribution < 1.29 is 36.2 Å². The summed E-state index contributed by atoms with van der Waals surface area (Å²) in [6, 6.07) is 12.5. The molecule has 4 rings (SSSR count). The van der Waals surface area contributed by atoms with Gasteiger partial charge in [-0.1, -0.05) is 23.7 Å². The van der Waals surface area contributed by atoms with E-state index in [0.717, 1.165) is 5.56 Å². The van der Waals surface area contributed by atoms with Crippen LogP contribution in [-0.2, 0) is 26.0 Å². The number of nitrogens with zero attached hydrogens (tertiary/aromatic N) is 2. The monoisotopic (exact) mass is 526 g/mol. The number of phenols is 1. The lowest BCUT2D eigenvalue weighted by Crippen LogP contribution is -2.11. The molecule has 188 valence electrons. The first-order valence-corrected chi connectivity index (χ1v) is 10.7. The molecule has 0 saturated heterocycles. The molecule has 1 N–H and O–H groups in total. The van der Waals surface area contributed by atoms with Gasteiger partial charge in [0.1, 0.15) is 23.8 Å². The number of benzene rings is 3. The lowest BCUT2D eigenvalue weighted by Gasteiger charge is -2.14. The molecule has 0 bridgehead atoms. The van der Waals surface area contributed by atoms with E-state index in [1.165, 1.54) is 36.1 Å². The van der Waals surface area contributed by atoms with Crippen molar-refractivity contribution in [3.05, 3.63) is 88.6 Å². The largest absolute Gasteiger partial charge is 0.507 e. The van der Waals surface area contributed by atoms with Crippen molar-refractivity contribution in [2.45, 2.75) is 19.0 Å². The molecule has 1 heterocycles. The van der Waals surface area contributed by atoms with Gasteiger partial charge in [0.05, 0.1) is 11.1 Å². The van der Waals surface area contributed by atoms with Crippen LogP contribution in [0.5, 0.6) is 11.5 Å². The van der Waals surface area contributed by atoms with Crippen LogP contribution in [0, 0.1) is 0 Å². The van der Waals surface area contributed by atoms with Crippen LogP contribution in [0.4, 0.5) is 26.3 Å². The lowest BCUT2D eigenvalue weighted by molar-refractivity contribution is -0.143. The van der Waals surface area contributed by atoms with Crippen molar-refractivity contribution in [1.82, 2.24) is 9.78 Å². The minimum absolute atomic E-state index is 0.00620. The summed E-state index contributed by atoms with van der Waals surface area (Å²) in [5.41, 5.74) is -2.32. The summed E-state index contributed by atoms with van der Waals surface area (Å²) >= 11 is 5.85. The molecule has 3 aromatic carbocycles. The molecule has 0 aliphatic carbocycles. The molecule has 0 atom stereocenters. The van der Waals surface area contributed by atoms with E-state index >= 15 is 0 Å². The average molecular weight is 527 g/mol. The first kappa shape index (κ1) is 25.4. The van der Waals surface area contributed by atoms with Gasteiger partial charge in [0, 0.05) is 35.5 Å². The SMILES string of the molecule is Cn1cc(-c2cc(C(F)(F)F)cc(C(F)(F)F)c2)c(-c2ccc(OCc3ccc(Cl)cc3)cc2O)n1. The fourth-order valence-corrected chi connectivity index (χ4v) is 3.68. The number of rotatable bonds is 5. The minimum Gasteiger partial charge on any atom is -0.507 e. The van der Waals surface area contributed by atoms with Crippen LogP contribution >= 0.6 is 11.6 Å². The number of ether oxygens (including phenoxy) is 1. The van der Waals surface area contributed by atoms with Crippen LogP contribution in [0.3, 0.4) is 0 Å². The molecule has 0 unspecified atom stereocenters. The smallest absolute Gasteiger partial charge is 0.416 e. The van der Waals surface area contributed by atoms with Crippen LogP contribution < -0.4 is 4.74 Å². The summed E-state index contributed by atoms with van der Waals surface area (Å²) in [5, 5.41) is 15.4. The number of aromatic hydroxyl groups is 1. The van der Waals surface area contributed by atoms with Crippen molar-refractivity contribution >= 4 is 11.6 Å². The van der Waals surface area contributed by atoms with Crippen molar-refractivity contribution in [3.8, 4) is 33.9 Å². The highest BCUT2D eigenvalue weighted by Crippen LogP contribution is 2.42. The number of hydrogen-bond acceptors (Lipinski definition) is 3. The van der Waals surface area contributed by atoms with Crippen molar-refractivity contribution in [1.29, 1.82) is 0 Å². The van der Waals surface area contributed by atoms with Crippen LogP contribution in [-0.4, -0.2) is 14.9 Å². The first-order valence-electron chi connectivity index (χ1n) is 10.4. The highest BCUT2D eigenvalue weighted by Gasteiger charge is 2.37. The Morgan fingerprint density at radius 2 is 1.47 bits per heavy atom. The zero-order valence-corrected chi connectivity index (χ0v) is 19.2. The van der Waals surface area contributed by atoms with Gasteiger partial charge in [-0.25, -0.2) is 0 Å². The van der Waals surface area contributed by atoms with Gasteiger partial charge in [-0.3, -0.25) is 4.68 Å². The Kier molecular flexibility index (Phi) is 6.66. The van der Waals surface area contributed by atoms with E-state index in [0.29, 0.717) is 22.9 Å². The first-order chi connectivity index (χ1) is 16.8. The third-order valence-electron chi connectivity index (χ3n) is 5.27. The predicted octanol–water partition coefficient (Wildman–Crippen LogP) is 7.73. The maximum Gasteiger partial charge on any atom is 0.416 e. The minimum atomic E-state index is -5.00. The highest BCUT2D eigenvalue weighted by molar-refractivity contribution is 6.30. The van der Waals surface area contributed by atoms with E-state index in [9.17, 15) is 31.4 Å². The predicted molar refractivity (Wildman–Crippen MR) is 122 cm³/mol. The van der Waals surface area contributed by atoms with Gasteiger partial charge in [0.2, 0.25) is 0 Å². The Hall–Kier alpha value is -3.66. The molecule has 0 fully saturated rings. The summed E-state index contributed by atoms with van der Waals surface area (Å²) in [7, 11) is 1.46. The Bertz CT molecular complexity index is 1360. The van der Waals surface area contributed by atoms with E-state index in [2.05, 4.69) is 5.10 Å². The standard InChI is InChI=1S/C25H17ClF6N2O2/c1-34-12-21(15-8-16(24(27,28)29)10-17(9-15)25(30,31)32)23(33-34)20-7-6-19(11-22(20)35)36-13-14-2-4-18(26)5-3-14/h2-12,35H,13H2,1H3. The molecular formula is C25H17ClF6N2O2. The van der Waals surface area contributed by atoms with Gasteiger partial charge in [0.25, 0.3) is 0 Å². The van der Waals surface area contributed by atoms with E-state index in [1.54, 1.807) is 24.3 Å².